The lowest BCUT2D eigenvalue weighted by molar-refractivity contribution is -0.145. The fourth-order valence-corrected chi connectivity index (χ4v) is 2.04. The number of carbonyl (C=O) groups is 2. The molecule has 0 saturated carbocycles. The number of aryl methyl sites for hydroxylation is 1. The maximum atomic E-state index is 12.6. The number of carbonyl (C=O) groups excluding carboxylic acids is 1. The summed E-state index contributed by atoms with van der Waals surface area (Å²) >= 11 is 0. The Labute approximate surface area is 137 Å². The number of alkyl halides is 3. The molecular formula is C15H20F3N3O3. The predicted molar refractivity (Wildman–Crippen MR) is 79.4 cm³/mol. The third kappa shape index (κ3) is 7.38. The molecule has 0 spiro atoms. The molecule has 2 N–H and O–H groups in total. The van der Waals surface area contributed by atoms with Gasteiger partial charge in [-0.3, -0.25) is 9.59 Å². The zero-order valence-electron chi connectivity index (χ0n) is 13.3. The molecule has 6 nitrogen and oxygen atoms in total. The fourth-order valence-electron chi connectivity index (χ4n) is 2.04. The highest BCUT2D eigenvalue weighted by Gasteiger charge is 2.35. The summed E-state index contributed by atoms with van der Waals surface area (Å²) in [6, 6.07) is 1.20. The van der Waals surface area contributed by atoms with E-state index in [4.69, 9.17) is 5.11 Å². The van der Waals surface area contributed by atoms with E-state index < -0.39 is 23.9 Å². The fraction of sp³-hybridized carbons (Fsp3) is 0.600. The number of rotatable bonds is 9. The summed E-state index contributed by atoms with van der Waals surface area (Å²) in [6.07, 6.45) is -0.843. The van der Waals surface area contributed by atoms with E-state index in [1.165, 1.54) is 13.0 Å². The molecule has 0 atom stereocenters. The number of halogens is 3. The second-order valence-electron chi connectivity index (χ2n) is 5.38. The van der Waals surface area contributed by atoms with Crippen molar-refractivity contribution < 1.29 is 27.9 Å². The number of unbranched alkanes of at least 4 members (excludes halogenated alkanes) is 4. The molecule has 0 fully saturated rings. The molecule has 0 radical (unpaired) electrons. The van der Waals surface area contributed by atoms with E-state index in [0.717, 1.165) is 19.3 Å². The zero-order valence-corrected chi connectivity index (χ0v) is 13.3. The van der Waals surface area contributed by atoms with Crippen molar-refractivity contribution in [2.45, 2.75) is 51.6 Å². The first-order chi connectivity index (χ1) is 11.2. The van der Waals surface area contributed by atoms with Crippen molar-refractivity contribution >= 4 is 11.9 Å². The minimum absolute atomic E-state index is 0.0703. The average Bonchev–Trinajstić information content (AvgIpc) is 2.47. The van der Waals surface area contributed by atoms with Gasteiger partial charge in [0.2, 0.25) is 5.82 Å². The SMILES string of the molecule is Cc1cc(C(=O)NCCCCCCCC(=O)O)nc(C(F)(F)F)n1. The molecule has 0 aromatic carbocycles. The molecule has 0 saturated heterocycles. The smallest absolute Gasteiger partial charge is 0.451 e. The highest BCUT2D eigenvalue weighted by Crippen LogP contribution is 2.26. The Morgan fingerprint density at radius 2 is 1.75 bits per heavy atom. The van der Waals surface area contributed by atoms with E-state index in [1.807, 2.05) is 0 Å². The second kappa shape index (κ2) is 9.19. The Morgan fingerprint density at radius 3 is 2.38 bits per heavy atom. The first-order valence-electron chi connectivity index (χ1n) is 7.63. The molecule has 1 heterocycles. The van der Waals surface area contributed by atoms with Gasteiger partial charge >= 0.3 is 12.1 Å². The zero-order chi connectivity index (χ0) is 18.2. The molecule has 0 aliphatic rings. The maximum absolute atomic E-state index is 12.6. The summed E-state index contributed by atoms with van der Waals surface area (Å²) in [6.45, 7) is 1.69. The van der Waals surface area contributed by atoms with Crippen LogP contribution in [0.25, 0.3) is 0 Å². The Morgan fingerprint density at radius 1 is 1.12 bits per heavy atom. The topological polar surface area (TPSA) is 92.2 Å². The van der Waals surface area contributed by atoms with Gasteiger partial charge in [0.15, 0.2) is 0 Å². The minimum Gasteiger partial charge on any atom is -0.481 e. The van der Waals surface area contributed by atoms with E-state index in [1.54, 1.807) is 0 Å². The van der Waals surface area contributed by atoms with E-state index in [2.05, 4.69) is 15.3 Å². The van der Waals surface area contributed by atoms with Crippen LogP contribution in [0.3, 0.4) is 0 Å². The van der Waals surface area contributed by atoms with Crippen molar-refractivity contribution in [3.63, 3.8) is 0 Å². The quantitative estimate of drug-likeness (QED) is 0.670. The highest BCUT2D eigenvalue weighted by atomic mass is 19.4. The molecule has 1 amide bonds. The van der Waals surface area contributed by atoms with Gasteiger partial charge in [0, 0.05) is 18.7 Å². The van der Waals surface area contributed by atoms with Gasteiger partial charge in [0.1, 0.15) is 5.69 Å². The van der Waals surface area contributed by atoms with E-state index >= 15 is 0 Å². The van der Waals surface area contributed by atoms with Crippen LogP contribution < -0.4 is 5.32 Å². The standard InChI is InChI=1S/C15H20F3N3O3/c1-10-9-11(21-14(20-10)15(16,17)18)13(24)19-8-6-4-2-3-5-7-12(22)23/h9H,2-8H2,1H3,(H,19,24)(H,22,23). The van der Waals surface area contributed by atoms with Crippen LogP contribution in [-0.4, -0.2) is 33.5 Å². The van der Waals surface area contributed by atoms with E-state index in [-0.39, 0.29) is 17.8 Å². The van der Waals surface area contributed by atoms with Gasteiger partial charge in [-0.2, -0.15) is 13.2 Å². The van der Waals surface area contributed by atoms with Gasteiger partial charge in [-0.1, -0.05) is 19.3 Å². The van der Waals surface area contributed by atoms with Crippen molar-refractivity contribution in [2.75, 3.05) is 6.54 Å². The summed E-state index contributed by atoms with van der Waals surface area (Å²) in [5.41, 5.74) is -0.239. The van der Waals surface area contributed by atoms with Gasteiger partial charge in [-0.05, 0) is 25.8 Å². The molecule has 0 aliphatic carbocycles. The third-order valence-electron chi connectivity index (χ3n) is 3.19. The molecule has 0 aliphatic heterocycles. The molecule has 1 aromatic heterocycles. The molecule has 0 unspecified atom stereocenters. The number of hydrogen-bond acceptors (Lipinski definition) is 4. The van der Waals surface area contributed by atoms with Gasteiger partial charge < -0.3 is 10.4 Å². The Hall–Kier alpha value is -2.19. The van der Waals surface area contributed by atoms with Crippen molar-refractivity contribution in [3.8, 4) is 0 Å². The Bertz CT molecular complexity index is 577. The van der Waals surface area contributed by atoms with Crippen LogP contribution in [-0.2, 0) is 11.0 Å². The van der Waals surface area contributed by atoms with Crippen molar-refractivity contribution in [1.29, 1.82) is 0 Å². The normalized spacial score (nSPS) is 11.3. The Kier molecular flexibility index (Phi) is 7.60. The number of amides is 1. The summed E-state index contributed by atoms with van der Waals surface area (Å²) in [4.78, 5) is 28.7. The maximum Gasteiger partial charge on any atom is 0.451 e. The van der Waals surface area contributed by atoms with Gasteiger partial charge in [-0.25, -0.2) is 9.97 Å². The average molecular weight is 347 g/mol. The number of carboxylic acids is 1. The molecule has 24 heavy (non-hydrogen) atoms. The lowest BCUT2D eigenvalue weighted by atomic mass is 10.1. The largest absolute Gasteiger partial charge is 0.481 e. The second-order valence-corrected chi connectivity index (χ2v) is 5.38. The van der Waals surface area contributed by atoms with Crippen LogP contribution in [0.15, 0.2) is 6.07 Å². The van der Waals surface area contributed by atoms with Crippen LogP contribution in [0, 0.1) is 6.92 Å². The molecule has 134 valence electrons. The van der Waals surface area contributed by atoms with Crippen LogP contribution >= 0.6 is 0 Å². The summed E-state index contributed by atoms with van der Waals surface area (Å²) in [5, 5.41) is 11.0. The number of hydrogen-bond donors (Lipinski definition) is 2. The Balaban J connectivity index is 2.36. The van der Waals surface area contributed by atoms with Gasteiger partial charge in [0.05, 0.1) is 0 Å². The molecule has 1 aromatic rings. The summed E-state index contributed by atoms with van der Waals surface area (Å²) < 4.78 is 37.9. The lowest BCUT2D eigenvalue weighted by Gasteiger charge is -2.09. The first kappa shape index (κ1) is 19.9. The molecule has 1 rings (SSSR count). The predicted octanol–water partition coefficient (Wildman–Crippen LogP) is 2.96. The van der Waals surface area contributed by atoms with E-state index in [0.29, 0.717) is 19.4 Å². The molecule has 0 bridgehead atoms. The number of nitrogens with zero attached hydrogens (tertiary/aromatic N) is 2. The van der Waals surface area contributed by atoms with Crippen LogP contribution in [0.2, 0.25) is 0 Å². The van der Waals surface area contributed by atoms with Crippen molar-refractivity contribution in [1.82, 2.24) is 15.3 Å². The minimum atomic E-state index is -4.70. The van der Waals surface area contributed by atoms with Crippen LogP contribution in [0.1, 0.15) is 60.5 Å². The van der Waals surface area contributed by atoms with Crippen molar-refractivity contribution in [2.24, 2.45) is 0 Å². The van der Waals surface area contributed by atoms with Crippen molar-refractivity contribution in [3.05, 3.63) is 23.3 Å². The highest BCUT2D eigenvalue weighted by molar-refractivity contribution is 5.92. The number of aliphatic carboxylic acids is 1. The monoisotopic (exact) mass is 347 g/mol. The first-order valence-corrected chi connectivity index (χ1v) is 7.63. The number of carboxylic acid groups (broad SMARTS) is 1. The van der Waals surface area contributed by atoms with Crippen LogP contribution in [0.5, 0.6) is 0 Å². The summed E-state index contributed by atoms with van der Waals surface area (Å²) in [7, 11) is 0. The van der Waals surface area contributed by atoms with Crippen LogP contribution in [0.4, 0.5) is 13.2 Å². The number of aromatic nitrogens is 2. The molecular weight excluding hydrogens is 327 g/mol. The summed E-state index contributed by atoms with van der Waals surface area (Å²) in [5.74, 6) is -2.82. The van der Waals surface area contributed by atoms with E-state index in [9.17, 15) is 22.8 Å². The third-order valence-corrected chi connectivity index (χ3v) is 3.19. The van der Waals surface area contributed by atoms with Gasteiger partial charge in [-0.15, -0.1) is 0 Å². The molecule has 9 heteroatoms. The number of nitrogens with one attached hydrogen (secondary N) is 1. The lowest BCUT2D eigenvalue weighted by Crippen LogP contribution is -2.27. The van der Waals surface area contributed by atoms with Gasteiger partial charge in [0.25, 0.3) is 5.91 Å².